The average molecular weight is 313 g/mol. The van der Waals surface area contributed by atoms with Crippen LogP contribution in [0.25, 0.3) is 0 Å². The zero-order valence-corrected chi connectivity index (χ0v) is 13.0. The Labute approximate surface area is 134 Å². The molecule has 1 aliphatic rings. The van der Waals surface area contributed by atoms with Crippen LogP contribution in [0.15, 0.2) is 40.9 Å². The number of carbonyl (C=O) groups excluding carboxylic acids is 2. The van der Waals surface area contributed by atoms with Gasteiger partial charge in [0.05, 0.1) is 6.42 Å². The van der Waals surface area contributed by atoms with E-state index >= 15 is 0 Å². The summed E-state index contributed by atoms with van der Waals surface area (Å²) in [5.41, 5.74) is 0.954. The Balaban J connectivity index is 1.60. The minimum absolute atomic E-state index is 0.0230. The molecule has 3 rings (SSSR count). The van der Waals surface area contributed by atoms with Gasteiger partial charge in [0.25, 0.3) is 0 Å². The van der Waals surface area contributed by atoms with Crippen LogP contribution in [-0.4, -0.2) is 34.5 Å². The summed E-state index contributed by atoms with van der Waals surface area (Å²) in [7, 11) is 0. The van der Waals surface area contributed by atoms with E-state index in [4.69, 9.17) is 4.52 Å². The molecule has 0 unspecified atom stereocenters. The van der Waals surface area contributed by atoms with Gasteiger partial charge in [-0.25, -0.2) is 0 Å². The zero-order chi connectivity index (χ0) is 16.2. The number of anilines is 1. The van der Waals surface area contributed by atoms with Gasteiger partial charge in [0.2, 0.25) is 11.8 Å². The summed E-state index contributed by atoms with van der Waals surface area (Å²) in [5, 5.41) is 6.38. The number of aryl methyl sites for hydroxylation is 1. The first-order valence-electron chi connectivity index (χ1n) is 7.68. The summed E-state index contributed by atoms with van der Waals surface area (Å²) < 4.78 is 4.91. The number of benzene rings is 1. The maximum absolute atomic E-state index is 12.5. The van der Waals surface area contributed by atoms with Gasteiger partial charge in [-0.05, 0) is 25.3 Å². The number of rotatable bonds is 6. The lowest BCUT2D eigenvalue weighted by Crippen LogP contribution is -2.40. The number of aromatic nitrogens is 1. The molecule has 1 saturated carbocycles. The molecule has 1 aromatic carbocycles. The maximum Gasteiger partial charge on any atom is 0.245 e. The molecule has 1 heterocycles. The van der Waals surface area contributed by atoms with Gasteiger partial charge in [-0.15, -0.1) is 0 Å². The van der Waals surface area contributed by atoms with Crippen LogP contribution in [0.1, 0.15) is 24.2 Å². The number of hydrogen-bond donors (Lipinski definition) is 1. The van der Waals surface area contributed by atoms with Crippen LogP contribution in [-0.2, 0) is 16.0 Å². The van der Waals surface area contributed by atoms with Crippen LogP contribution in [0.5, 0.6) is 0 Å². The fourth-order valence-corrected chi connectivity index (χ4v) is 2.44. The molecular formula is C17H19N3O3. The van der Waals surface area contributed by atoms with E-state index in [2.05, 4.69) is 10.5 Å². The molecule has 0 bridgehead atoms. The van der Waals surface area contributed by atoms with E-state index in [1.54, 1.807) is 17.9 Å². The summed E-state index contributed by atoms with van der Waals surface area (Å²) in [6.45, 7) is 1.80. The second-order valence-electron chi connectivity index (χ2n) is 5.79. The molecule has 120 valence electrons. The fraction of sp³-hybridized carbons (Fsp3) is 0.353. The van der Waals surface area contributed by atoms with Crippen LogP contribution in [0.4, 0.5) is 5.82 Å². The van der Waals surface area contributed by atoms with Crippen molar-refractivity contribution in [3.05, 3.63) is 47.7 Å². The molecule has 0 atom stereocenters. The third kappa shape index (κ3) is 4.18. The Morgan fingerprint density at radius 1 is 1.30 bits per heavy atom. The van der Waals surface area contributed by atoms with Crippen molar-refractivity contribution in [3.63, 3.8) is 0 Å². The van der Waals surface area contributed by atoms with E-state index in [1.165, 1.54) is 0 Å². The quantitative estimate of drug-likeness (QED) is 0.886. The van der Waals surface area contributed by atoms with E-state index in [0.29, 0.717) is 18.0 Å². The minimum atomic E-state index is -0.258. The summed E-state index contributed by atoms with van der Waals surface area (Å²) in [6.07, 6.45) is 2.22. The highest BCUT2D eigenvalue weighted by Gasteiger charge is 2.33. The largest absolute Gasteiger partial charge is 0.360 e. The minimum Gasteiger partial charge on any atom is -0.360 e. The van der Waals surface area contributed by atoms with E-state index < -0.39 is 0 Å². The number of carbonyl (C=O) groups is 2. The number of hydrogen-bond acceptors (Lipinski definition) is 4. The lowest BCUT2D eigenvalue weighted by atomic mass is 10.1. The number of nitrogens with one attached hydrogen (secondary N) is 1. The third-order valence-corrected chi connectivity index (χ3v) is 3.72. The smallest absolute Gasteiger partial charge is 0.245 e. The first-order valence-corrected chi connectivity index (χ1v) is 7.68. The van der Waals surface area contributed by atoms with Crippen molar-refractivity contribution < 1.29 is 14.1 Å². The first-order chi connectivity index (χ1) is 11.1. The molecule has 0 radical (unpaired) electrons. The van der Waals surface area contributed by atoms with Crippen molar-refractivity contribution in [2.24, 2.45) is 0 Å². The topological polar surface area (TPSA) is 75.4 Å². The zero-order valence-electron chi connectivity index (χ0n) is 13.0. The monoisotopic (exact) mass is 313 g/mol. The van der Waals surface area contributed by atoms with Crippen LogP contribution in [0, 0.1) is 6.92 Å². The molecule has 23 heavy (non-hydrogen) atoms. The molecular weight excluding hydrogens is 294 g/mol. The summed E-state index contributed by atoms with van der Waals surface area (Å²) in [4.78, 5) is 26.3. The Morgan fingerprint density at radius 2 is 2.04 bits per heavy atom. The average Bonchev–Trinajstić information content (AvgIpc) is 3.29. The predicted octanol–water partition coefficient (Wildman–Crippen LogP) is 2.16. The second kappa shape index (κ2) is 6.64. The lowest BCUT2D eigenvalue weighted by Gasteiger charge is -2.21. The second-order valence-corrected chi connectivity index (χ2v) is 5.79. The van der Waals surface area contributed by atoms with Gasteiger partial charge < -0.3 is 14.7 Å². The highest BCUT2D eigenvalue weighted by molar-refractivity contribution is 5.94. The van der Waals surface area contributed by atoms with Gasteiger partial charge in [-0.1, -0.05) is 35.5 Å². The van der Waals surface area contributed by atoms with Gasteiger partial charge in [0.1, 0.15) is 12.3 Å². The SMILES string of the molecule is Cc1cc(NC(=O)CN(C(=O)Cc2ccccc2)C2CC2)no1. The van der Waals surface area contributed by atoms with Crippen LogP contribution in [0.2, 0.25) is 0 Å². The van der Waals surface area contributed by atoms with Crippen molar-refractivity contribution in [1.82, 2.24) is 10.1 Å². The van der Waals surface area contributed by atoms with Crippen LogP contribution in [0.3, 0.4) is 0 Å². The molecule has 0 saturated heterocycles. The molecule has 1 fully saturated rings. The molecule has 2 amide bonds. The normalized spacial score (nSPS) is 13.6. The van der Waals surface area contributed by atoms with Gasteiger partial charge in [-0.3, -0.25) is 9.59 Å². The van der Waals surface area contributed by atoms with Crippen molar-refractivity contribution in [1.29, 1.82) is 0 Å². The molecule has 6 heteroatoms. The van der Waals surface area contributed by atoms with Gasteiger partial charge >= 0.3 is 0 Å². The van der Waals surface area contributed by atoms with Crippen molar-refractivity contribution in [2.75, 3.05) is 11.9 Å². The number of amides is 2. The van der Waals surface area contributed by atoms with Crippen LogP contribution < -0.4 is 5.32 Å². The summed E-state index contributed by atoms with van der Waals surface area (Å²) >= 11 is 0. The van der Waals surface area contributed by atoms with Gasteiger partial charge in [0.15, 0.2) is 5.82 Å². The van der Waals surface area contributed by atoms with Crippen molar-refractivity contribution >= 4 is 17.6 Å². The van der Waals surface area contributed by atoms with E-state index in [9.17, 15) is 9.59 Å². The Bertz CT molecular complexity index is 692. The summed E-state index contributed by atoms with van der Waals surface area (Å²) in [6, 6.07) is 11.4. The lowest BCUT2D eigenvalue weighted by molar-refractivity contribution is -0.134. The summed E-state index contributed by atoms with van der Waals surface area (Å²) in [5.74, 6) is 0.718. The molecule has 1 aromatic heterocycles. The van der Waals surface area contributed by atoms with E-state index in [1.807, 2.05) is 30.3 Å². The Hall–Kier alpha value is -2.63. The first kappa shape index (κ1) is 15.3. The molecule has 1 aliphatic carbocycles. The molecule has 2 aromatic rings. The number of nitrogens with zero attached hydrogens (tertiary/aromatic N) is 2. The molecule has 0 spiro atoms. The predicted molar refractivity (Wildman–Crippen MR) is 84.8 cm³/mol. The van der Waals surface area contributed by atoms with Crippen LogP contribution >= 0.6 is 0 Å². The highest BCUT2D eigenvalue weighted by Crippen LogP contribution is 2.27. The van der Waals surface area contributed by atoms with Gasteiger partial charge in [0, 0.05) is 12.1 Å². The van der Waals surface area contributed by atoms with Crippen molar-refractivity contribution in [2.45, 2.75) is 32.2 Å². The van der Waals surface area contributed by atoms with E-state index in [0.717, 1.165) is 18.4 Å². The highest BCUT2D eigenvalue weighted by atomic mass is 16.5. The van der Waals surface area contributed by atoms with E-state index in [-0.39, 0.29) is 24.4 Å². The standard InChI is InChI=1S/C17H19N3O3/c1-12-9-15(19-23-12)18-16(21)11-20(14-7-8-14)17(22)10-13-5-3-2-4-6-13/h2-6,9,14H,7-8,10-11H2,1H3,(H,18,19,21). The third-order valence-electron chi connectivity index (χ3n) is 3.72. The van der Waals surface area contributed by atoms with Crippen molar-refractivity contribution in [3.8, 4) is 0 Å². The fourth-order valence-electron chi connectivity index (χ4n) is 2.44. The Kier molecular flexibility index (Phi) is 4.41. The molecule has 0 aliphatic heterocycles. The Morgan fingerprint density at radius 3 is 2.65 bits per heavy atom. The molecule has 1 N–H and O–H groups in total. The maximum atomic E-state index is 12.5. The van der Waals surface area contributed by atoms with Gasteiger partial charge in [-0.2, -0.15) is 0 Å². The molecule has 6 nitrogen and oxygen atoms in total.